The summed E-state index contributed by atoms with van der Waals surface area (Å²) in [5.41, 5.74) is -1.82. The SMILES string of the molecule is CCCCCC[C@H](C)OC(=O)C[C@H](NC(=O)[C@@H](NC(=O)[C@H](C(C)C)N(C)C(=O)CCc1ccccc1)C(C)(C)C)C(=O)N[C@H](C(=O)N[C@@H](CC(C)C)C(=O)O)C1(C(=O)O)CCC1. The van der Waals surface area contributed by atoms with Crippen LogP contribution < -0.4 is 21.3 Å². The van der Waals surface area contributed by atoms with Gasteiger partial charge in [0.2, 0.25) is 29.5 Å². The van der Waals surface area contributed by atoms with Crippen LogP contribution in [0.4, 0.5) is 0 Å². The first-order valence-electron chi connectivity index (χ1n) is 22.1. The Kier molecular flexibility index (Phi) is 21.1. The lowest BCUT2D eigenvalue weighted by Crippen LogP contribution is -2.66. The van der Waals surface area contributed by atoms with Gasteiger partial charge in [-0.1, -0.05) is 111 Å². The highest BCUT2D eigenvalue weighted by Gasteiger charge is 2.55. The number of hydrogen-bond acceptors (Lipinski definition) is 9. The Hall–Kier alpha value is -5.02. The predicted octanol–water partition coefficient (Wildman–Crippen LogP) is 4.77. The fraction of sp³-hybridized carbons (Fsp3) is 0.696. The second-order valence-electron chi connectivity index (χ2n) is 18.7. The molecule has 0 aromatic heterocycles. The van der Waals surface area contributed by atoms with Gasteiger partial charge in [-0.15, -0.1) is 0 Å². The molecule has 348 valence electrons. The van der Waals surface area contributed by atoms with Crippen molar-refractivity contribution in [2.24, 2.45) is 22.7 Å². The molecule has 1 aliphatic carbocycles. The van der Waals surface area contributed by atoms with E-state index >= 15 is 0 Å². The van der Waals surface area contributed by atoms with Crippen molar-refractivity contribution in [1.82, 2.24) is 26.2 Å². The van der Waals surface area contributed by atoms with Gasteiger partial charge in [-0.25, -0.2) is 4.79 Å². The van der Waals surface area contributed by atoms with Gasteiger partial charge in [-0.05, 0) is 68.3 Å². The van der Waals surface area contributed by atoms with Crippen LogP contribution in [0.15, 0.2) is 30.3 Å². The largest absolute Gasteiger partial charge is 0.481 e. The van der Waals surface area contributed by atoms with E-state index in [4.69, 9.17) is 4.74 Å². The molecule has 1 aliphatic rings. The first kappa shape index (κ1) is 53.1. The maximum absolute atomic E-state index is 14.3. The minimum atomic E-state index is -1.79. The maximum Gasteiger partial charge on any atom is 0.326 e. The van der Waals surface area contributed by atoms with Gasteiger partial charge < -0.3 is 41.1 Å². The molecule has 0 radical (unpaired) electrons. The summed E-state index contributed by atoms with van der Waals surface area (Å²) in [6.07, 6.45) is 4.10. The zero-order chi connectivity index (χ0) is 46.9. The second-order valence-corrected chi connectivity index (χ2v) is 18.7. The third kappa shape index (κ3) is 16.0. The lowest BCUT2D eigenvalue weighted by molar-refractivity contribution is -0.162. The lowest BCUT2D eigenvalue weighted by Gasteiger charge is -2.43. The summed E-state index contributed by atoms with van der Waals surface area (Å²) in [4.78, 5) is 110. The van der Waals surface area contributed by atoms with Crippen LogP contribution in [0.3, 0.4) is 0 Å². The Labute approximate surface area is 367 Å². The molecule has 2 rings (SSSR count). The zero-order valence-electron chi connectivity index (χ0n) is 38.5. The van der Waals surface area contributed by atoms with Crippen LogP contribution in [0.2, 0.25) is 0 Å². The van der Waals surface area contributed by atoms with Crippen LogP contribution in [0.5, 0.6) is 0 Å². The van der Waals surface area contributed by atoms with Crippen LogP contribution in [-0.4, -0.2) is 106 Å². The van der Waals surface area contributed by atoms with Crippen molar-refractivity contribution in [1.29, 1.82) is 0 Å². The molecule has 1 saturated carbocycles. The van der Waals surface area contributed by atoms with Gasteiger partial charge in [0.25, 0.3) is 0 Å². The number of nitrogens with zero attached hydrogens (tertiary/aromatic N) is 1. The van der Waals surface area contributed by atoms with Crippen molar-refractivity contribution >= 4 is 47.4 Å². The number of carbonyl (C=O) groups excluding carboxylic acids is 6. The Bertz CT molecular complexity index is 1690. The third-order valence-corrected chi connectivity index (χ3v) is 11.5. The standard InChI is InChI=1S/C46H73N5O11/c1-11-12-13-15-19-30(6)62-35(53)27-32(39(54)50-38(46(44(60)61)24-18-25-46)42(57)48-33(43(58)59)26-28(2)3)47-41(56)37(45(7,8)9)49-40(55)36(29(4)5)51(10)34(52)23-22-31-20-16-14-17-21-31/h14,16-17,20-21,28-30,32-33,36-38H,11-13,15,18-19,22-27H2,1-10H3,(H,47,56)(H,48,57)(H,49,55)(H,50,54)(H,58,59)(H,60,61)/t30-,32-,33-,36-,37+,38+/m0/s1. The molecule has 0 spiro atoms. The molecule has 6 atom stereocenters. The van der Waals surface area contributed by atoms with Crippen molar-refractivity contribution in [3.8, 4) is 0 Å². The molecule has 0 aliphatic heterocycles. The molecule has 0 heterocycles. The first-order chi connectivity index (χ1) is 28.9. The summed E-state index contributed by atoms with van der Waals surface area (Å²) in [7, 11) is 1.53. The fourth-order valence-corrected chi connectivity index (χ4v) is 7.71. The van der Waals surface area contributed by atoms with Crippen LogP contribution in [0.1, 0.15) is 139 Å². The molecule has 62 heavy (non-hydrogen) atoms. The number of rotatable bonds is 26. The number of carboxylic acid groups (broad SMARTS) is 2. The number of hydrogen-bond donors (Lipinski definition) is 6. The Morgan fingerprint density at radius 1 is 0.790 bits per heavy atom. The number of aliphatic carboxylic acids is 2. The number of nitrogens with one attached hydrogen (secondary N) is 4. The highest BCUT2D eigenvalue weighted by atomic mass is 16.5. The topological polar surface area (TPSA) is 238 Å². The van der Waals surface area contributed by atoms with Gasteiger partial charge >= 0.3 is 17.9 Å². The van der Waals surface area contributed by atoms with E-state index in [2.05, 4.69) is 28.2 Å². The molecular weight excluding hydrogens is 799 g/mol. The van der Waals surface area contributed by atoms with E-state index in [1.165, 1.54) is 11.9 Å². The smallest absolute Gasteiger partial charge is 0.326 e. The van der Waals surface area contributed by atoms with E-state index in [0.717, 1.165) is 31.2 Å². The molecule has 0 saturated heterocycles. The van der Waals surface area contributed by atoms with Crippen LogP contribution in [0, 0.1) is 22.7 Å². The average Bonchev–Trinajstić information content (AvgIpc) is 3.15. The highest BCUT2D eigenvalue weighted by molar-refractivity contribution is 5.99. The molecule has 0 bridgehead atoms. The number of carbonyl (C=O) groups is 8. The Morgan fingerprint density at radius 3 is 1.90 bits per heavy atom. The predicted molar refractivity (Wildman–Crippen MR) is 233 cm³/mol. The summed E-state index contributed by atoms with van der Waals surface area (Å²) in [6, 6.07) is 2.25. The number of esters is 1. The average molecular weight is 872 g/mol. The van der Waals surface area contributed by atoms with Crippen molar-refractivity contribution < 1.29 is 53.3 Å². The van der Waals surface area contributed by atoms with Gasteiger partial charge in [-0.3, -0.25) is 33.6 Å². The molecule has 5 amide bonds. The summed E-state index contributed by atoms with van der Waals surface area (Å²) in [6.45, 7) is 15.9. The Morgan fingerprint density at radius 2 is 1.40 bits per heavy atom. The molecule has 0 unspecified atom stereocenters. The van der Waals surface area contributed by atoms with E-state index in [1.807, 2.05) is 30.3 Å². The number of carboxylic acids is 2. The van der Waals surface area contributed by atoms with Crippen molar-refractivity contribution in [3.05, 3.63) is 35.9 Å². The quantitative estimate of drug-likeness (QED) is 0.0548. The summed E-state index contributed by atoms with van der Waals surface area (Å²) >= 11 is 0. The number of likely N-dealkylation sites (N-methyl/N-ethyl adjacent to an activating group) is 1. The first-order valence-corrected chi connectivity index (χ1v) is 22.1. The van der Waals surface area contributed by atoms with Crippen molar-refractivity contribution in [3.63, 3.8) is 0 Å². The van der Waals surface area contributed by atoms with Crippen LogP contribution in [0.25, 0.3) is 0 Å². The summed E-state index contributed by atoms with van der Waals surface area (Å²) in [5.74, 6) is -8.00. The Balaban J connectivity index is 2.48. The molecule has 1 aromatic carbocycles. The van der Waals surface area contributed by atoms with E-state index in [0.29, 0.717) is 19.3 Å². The molecule has 1 aromatic rings. The van der Waals surface area contributed by atoms with Gasteiger partial charge in [-0.2, -0.15) is 0 Å². The number of aryl methyl sites for hydroxylation is 1. The van der Waals surface area contributed by atoms with Gasteiger partial charge in [0.1, 0.15) is 30.2 Å². The highest BCUT2D eigenvalue weighted by Crippen LogP contribution is 2.44. The molecule has 1 fully saturated rings. The normalized spacial score (nSPS) is 16.3. The van der Waals surface area contributed by atoms with Crippen LogP contribution in [-0.2, 0) is 49.5 Å². The van der Waals surface area contributed by atoms with E-state index in [9.17, 15) is 48.6 Å². The van der Waals surface area contributed by atoms with E-state index in [-0.39, 0.29) is 43.4 Å². The van der Waals surface area contributed by atoms with Crippen molar-refractivity contribution in [2.45, 2.75) is 176 Å². The van der Waals surface area contributed by atoms with Gasteiger partial charge in [0.05, 0.1) is 17.9 Å². The molecule has 6 N–H and O–H groups in total. The number of amides is 5. The summed E-state index contributed by atoms with van der Waals surface area (Å²) < 4.78 is 5.63. The fourth-order valence-electron chi connectivity index (χ4n) is 7.71. The molecule has 16 nitrogen and oxygen atoms in total. The number of unbranched alkanes of at least 4 members (excludes halogenated alkanes) is 3. The zero-order valence-corrected chi connectivity index (χ0v) is 38.5. The maximum atomic E-state index is 14.3. The second kappa shape index (κ2) is 24.6. The van der Waals surface area contributed by atoms with Crippen molar-refractivity contribution in [2.75, 3.05) is 7.05 Å². The van der Waals surface area contributed by atoms with Gasteiger partial charge in [0.15, 0.2) is 0 Å². The number of ether oxygens (including phenoxy) is 1. The van der Waals surface area contributed by atoms with Crippen LogP contribution >= 0.6 is 0 Å². The third-order valence-electron chi connectivity index (χ3n) is 11.5. The number of benzene rings is 1. The van der Waals surface area contributed by atoms with Gasteiger partial charge in [0, 0.05) is 13.5 Å². The molecular formula is C46H73N5O11. The minimum Gasteiger partial charge on any atom is -0.481 e. The monoisotopic (exact) mass is 872 g/mol. The van der Waals surface area contributed by atoms with E-state index < -0.39 is 95.1 Å². The molecule has 16 heteroatoms. The lowest BCUT2D eigenvalue weighted by atomic mass is 9.63. The van der Waals surface area contributed by atoms with E-state index in [1.54, 1.807) is 55.4 Å². The summed E-state index contributed by atoms with van der Waals surface area (Å²) in [5, 5.41) is 30.5. The minimum absolute atomic E-state index is 0.00438.